The fraction of sp³-hybridized carbons (Fsp3) is 0.500. The molecular weight excluding hydrogens is 232 g/mol. The molecule has 2 fully saturated rings. The third-order valence-electron chi connectivity index (χ3n) is 3.36. The fourth-order valence-corrected chi connectivity index (χ4v) is 2.19. The van der Waals surface area contributed by atoms with Crippen molar-refractivity contribution < 1.29 is 19.0 Å². The predicted molar refractivity (Wildman–Crippen MR) is 65.0 cm³/mol. The first-order valence-electron chi connectivity index (χ1n) is 6.25. The van der Waals surface area contributed by atoms with E-state index >= 15 is 0 Å². The van der Waals surface area contributed by atoms with Crippen LogP contribution < -0.4 is 4.74 Å². The van der Waals surface area contributed by atoms with E-state index in [2.05, 4.69) is 0 Å². The summed E-state index contributed by atoms with van der Waals surface area (Å²) in [5.74, 6) is 0.970. The van der Waals surface area contributed by atoms with Crippen LogP contribution in [0.25, 0.3) is 0 Å². The molecule has 4 nitrogen and oxygen atoms in total. The molecule has 0 aromatic heterocycles. The van der Waals surface area contributed by atoms with Gasteiger partial charge in [-0.05, 0) is 30.9 Å². The van der Waals surface area contributed by atoms with Crippen LogP contribution in [0.3, 0.4) is 0 Å². The largest absolute Gasteiger partial charge is 0.485 e. The topological polar surface area (TPSA) is 44.8 Å². The molecule has 18 heavy (non-hydrogen) atoms. The average molecular weight is 248 g/mol. The van der Waals surface area contributed by atoms with Gasteiger partial charge in [0, 0.05) is 5.56 Å². The number of ether oxygens (including phenoxy) is 3. The summed E-state index contributed by atoms with van der Waals surface area (Å²) in [5.41, 5.74) is 1.65. The quantitative estimate of drug-likeness (QED) is 0.766. The maximum absolute atomic E-state index is 11.8. The highest BCUT2D eigenvalue weighted by Gasteiger charge is 2.33. The summed E-state index contributed by atoms with van der Waals surface area (Å²) >= 11 is 0. The average Bonchev–Trinajstić information content (AvgIpc) is 3.16. The highest BCUT2D eigenvalue weighted by Crippen LogP contribution is 2.46. The van der Waals surface area contributed by atoms with Crippen molar-refractivity contribution in [3.8, 4) is 5.75 Å². The number of carbonyl (C=O) groups is 1. The summed E-state index contributed by atoms with van der Waals surface area (Å²) in [4.78, 5) is 11.8. The van der Waals surface area contributed by atoms with Gasteiger partial charge in [-0.25, -0.2) is 4.79 Å². The van der Waals surface area contributed by atoms with Crippen molar-refractivity contribution in [1.29, 1.82) is 0 Å². The predicted octanol–water partition coefficient (Wildman–Crippen LogP) is 2.13. The molecule has 0 spiro atoms. The van der Waals surface area contributed by atoms with Crippen LogP contribution in [0.15, 0.2) is 18.2 Å². The molecule has 0 bridgehead atoms. The maximum Gasteiger partial charge on any atom is 0.338 e. The van der Waals surface area contributed by atoms with E-state index in [0.717, 1.165) is 24.2 Å². The van der Waals surface area contributed by atoms with E-state index in [-0.39, 0.29) is 12.1 Å². The molecule has 0 radical (unpaired) electrons. The number of esters is 1. The molecule has 96 valence electrons. The molecule has 1 saturated carbocycles. The van der Waals surface area contributed by atoms with Crippen LogP contribution >= 0.6 is 0 Å². The lowest BCUT2D eigenvalue weighted by Crippen LogP contribution is -2.38. The van der Waals surface area contributed by atoms with Gasteiger partial charge in [0.2, 0.25) is 0 Å². The van der Waals surface area contributed by atoms with E-state index < -0.39 is 0 Å². The molecule has 0 amide bonds. The number of carbonyl (C=O) groups excluding carboxylic acids is 1. The van der Waals surface area contributed by atoms with Crippen molar-refractivity contribution in [2.45, 2.75) is 24.9 Å². The Morgan fingerprint density at radius 2 is 2.11 bits per heavy atom. The minimum Gasteiger partial charge on any atom is -0.485 e. The summed E-state index contributed by atoms with van der Waals surface area (Å²) in [7, 11) is 1.41. The third kappa shape index (κ3) is 2.08. The molecule has 1 aromatic carbocycles. The summed E-state index contributed by atoms with van der Waals surface area (Å²) in [6.45, 7) is 1.26. The summed E-state index contributed by atoms with van der Waals surface area (Å²) in [5, 5.41) is 0. The lowest BCUT2D eigenvalue weighted by Gasteiger charge is -2.28. The second kappa shape index (κ2) is 4.61. The SMILES string of the molecule is COC(=O)c1cccc(OC2COC2)c1C1CC1. The van der Waals surface area contributed by atoms with Crippen LogP contribution in [0, 0.1) is 0 Å². The minimum absolute atomic E-state index is 0.121. The van der Waals surface area contributed by atoms with Gasteiger partial charge in [-0.2, -0.15) is 0 Å². The Kier molecular flexibility index (Phi) is 2.96. The van der Waals surface area contributed by atoms with Gasteiger partial charge < -0.3 is 14.2 Å². The van der Waals surface area contributed by atoms with Crippen LogP contribution in [0.4, 0.5) is 0 Å². The van der Waals surface area contributed by atoms with Crippen molar-refractivity contribution in [2.24, 2.45) is 0 Å². The van der Waals surface area contributed by atoms with Crippen molar-refractivity contribution in [2.75, 3.05) is 20.3 Å². The van der Waals surface area contributed by atoms with Crippen molar-refractivity contribution in [1.82, 2.24) is 0 Å². The fourth-order valence-electron chi connectivity index (χ4n) is 2.19. The van der Waals surface area contributed by atoms with Crippen LogP contribution in [-0.4, -0.2) is 32.4 Å². The lowest BCUT2D eigenvalue weighted by atomic mass is 10.0. The van der Waals surface area contributed by atoms with Gasteiger partial charge in [0.25, 0.3) is 0 Å². The molecule has 4 heteroatoms. The van der Waals surface area contributed by atoms with E-state index in [4.69, 9.17) is 14.2 Å². The molecule has 0 unspecified atom stereocenters. The zero-order valence-corrected chi connectivity index (χ0v) is 10.3. The second-order valence-corrected chi connectivity index (χ2v) is 4.76. The van der Waals surface area contributed by atoms with Crippen LogP contribution in [-0.2, 0) is 9.47 Å². The van der Waals surface area contributed by atoms with Crippen LogP contribution in [0.1, 0.15) is 34.7 Å². The number of rotatable bonds is 4. The Morgan fingerprint density at radius 1 is 1.33 bits per heavy atom. The Balaban J connectivity index is 1.93. The molecule has 1 heterocycles. The summed E-state index contributed by atoms with van der Waals surface area (Å²) in [6.07, 6.45) is 2.35. The molecule has 1 aliphatic heterocycles. The second-order valence-electron chi connectivity index (χ2n) is 4.76. The van der Waals surface area contributed by atoms with Gasteiger partial charge in [-0.3, -0.25) is 0 Å². The lowest BCUT2D eigenvalue weighted by molar-refractivity contribution is -0.0800. The van der Waals surface area contributed by atoms with Crippen molar-refractivity contribution in [3.05, 3.63) is 29.3 Å². The van der Waals surface area contributed by atoms with Crippen LogP contribution in [0.2, 0.25) is 0 Å². The first-order chi connectivity index (χ1) is 8.79. The molecule has 0 atom stereocenters. The normalized spacial score (nSPS) is 19.2. The molecule has 3 rings (SSSR count). The van der Waals surface area contributed by atoms with Crippen molar-refractivity contribution >= 4 is 5.97 Å². The van der Waals surface area contributed by atoms with E-state index in [1.165, 1.54) is 7.11 Å². The Hall–Kier alpha value is -1.55. The first kappa shape index (κ1) is 11.5. The van der Waals surface area contributed by atoms with E-state index in [1.807, 2.05) is 18.2 Å². The highest BCUT2D eigenvalue weighted by atomic mass is 16.6. The zero-order valence-electron chi connectivity index (χ0n) is 10.3. The van der Waals surface area contributed by atoms with E-state index in [1.54, 1.807) is 0 Å². The van der Waals surface area contributed by atoms with Gasteiger partial charge in [-0.1, -0.05) is 6.07 Å². The van der Waals surface area contributed by atoms with Gasteiger partial charge in [0.15, 0.2) is 0 Å². The Bertz CT molecular complexity index is 461. The van der Waals surface area contributed by atoms with Crippen molar-refractivity contribution in [3.63, 3.8) is 0 Å². The zero-order chi connectivity index (χ0) is 12.5. The van der Waals surface area contributed by atoms with Gasteiger partial charge >= 0.3 is 5.97 Å². The van der Waals surface area contributed by atoms with Gasteiger partial charge in [0.05, 0.1) is 25.9 Å². The molecule has 2 aliphatic rings. The number of hydrogen-bond donors (Lipinski definition) is 0. The molecule has 1 aromatic rings. The summed E-state index contributed by atoms with van der Waals surface area (Å²) < 4.78 is 15.8. The Labute approximate surface area is 106 Å². The molecule has 1 aliphatic carbocycles. The third-order valence-corrected chi connectivity index (χ3v) is 3.36. The van der Waals surface area contributed by atoms with Crippen LogP contribution in [0.5, 0.6) is 5.75 Å². The highest BCUT2D eigenvalue weighted by molar-refractivity contribution is 5.92. The first-order valence-corrected chi connectivity index (χ1v) is 6.25. The summed E-state index contributed by atoms with van der Waals surface area (Å²) in [6, 6.07) is 5.58. The smallest absolute Gasteiger partial charge is 0.338 e. The van der Waals surface area contributed by atoms with Gasteiger partial charge in [-0.15, -0.1) is 0 Å². The number of hydrogen-bond acceptors (Lipinski definition) is 4. The van der Waals surface area contributed by atoms with E-state index in [9.17, 15) is 4.79 Å². The molecule has 1 saturated heterocycles. The minimum atomic E-state index is -0.285. The number of methoxy groups -OCH3 is 1. The standard InChI is InChI=1S/C14H16O4/c1-16-14(15)11-3-2-4-12(13(11)9-5-6-9)18-10-7-17-8-10/h2-4,9-10H,5-8H2,1H3. The van der Waals surface area contributed by atoms with E-state index in [0.29, 0.717) is 24.7 Å². The maximum atomic E-state index is 11.8. The molecular formula is C14H16O4. The van der Waals surface area contributed by atoms with Gasteiger partial charge in [0.1, 0.15) is 11.9 Å². The monoisotopic (exact) mass is 248 g/mol. The number of benzene rings is 1. The molecule has 0 N–H and O–H groups in total. The Morgan fingerprint density at radius 3 is 2.67 bits per heavy atom.